The van der Waals surface area contributed by atoms with Crippen molar-refractivity contribution >= 4 is 38.9 Å². The number of hydrogen-bond donors (Lipinski definition) is 1. The van der Waals surface area contributed by atoms with Gasteiger partial charge in [-0.15, -0.1) is 10.2 Å². The maximum absolute atomic E-state index is 13.7. The van der Waals surface area contributed by atoms with E-state index in [9.17, 15) is 9.65 Å². The molecule has 0 atom stereocenters. The van der Waals surface area contributed by atoms with Crippen molar-refractivity contribution in [2.75, 3.05) is 42.9 Å². The van der Waals surface area contributed by atoms with E-state index in [-0.39, 0.29) is 5.82 Å². The third-order valence-corrected chi connectivity index (χ3v) is 8.77. The molecular weight excluding hydrogens is 535 g/mol. The van der Waals surface area contributed by atoms with Crippen LogP contribution in [0.4, 0.5) is 20.9 Å². The largest absolute Gasteiger partial charge is 0.367 e. The summed E-state index contributed by atoms with van der Waals surface area (Å²) in [4.78, 5) is 9.98. The van der Waals surface area contributed by atoms with Gasteiger partial charge < -0.3 is 19.7 Å². The zero-order valence-corrected chi connectivity index (χ0v) is 23.5. The summed E-state index contributed by atoms with van der Waals surface area (Å²) in [7, 11) is 0. The highest BCUT2D eigenvalue weighted by molar-refractivity contribution is 7.18. The molecule has 10 heteroatoms. The number of imidazole rings is 1. The number of piperazine rings is 1. The number of hydrogen-bond acceptors (Lipinski definition) is 8. The highest BCUT2D eigenvalue weighted by Crippen LogP contribution is 2.44. The second kappa shape index (κ2) is 10.6. The maximum Gasteiger partial charge on any atom is 0.210 e. The van der Waals surface area contributed by atoms with Gasteiger partial charge in [-0.2, -0.15) is 5.26 Å². The second-order valence-corrected chi connectivity index (χ2v) is 11.5. The van der Waals surface area contributed by atoms with Crippen LogP contribution in [0.2, 0.25) is 0 Å². The predicted molar refractivity (Wildman–Crippen MR) is 161 cm³/mol. The number of benzene rings is 3. The van der Waals surface area contributed by atoms with Crippen LogP contribution in [0.1, 0.15) is 31.4 Å². The molecule has 8 nitrogen and oxygen atoms in total. The van der Waals surface area contributed by atoms with Crippen molar-refractivity contribution in [1.29, 1.82) is 5.26 Å². The minimum Gasteiger partial charge on any atom is -0.367 e. The number of fused-ring (bicyclic) bond motifs is 1. The van der Waals surface area contributed by atoms with E-state index >= 15 is 0 Å². The zero-order chi connectivity index (χ0) is 27.9. The minimum atomic E-state index is -0.251. The summed E-state index contributed by atoms with van der Waals surface area (Å²) in [5, 5.41) is 23.1. The fraction of sp³-hybridized carbons (Fsp3) is 0.290. The van der Waals surface area contributed by atoms with Crippen LogP contribution < -0.4 is 10.2 Å². The molecule has 1 aliphatic carbocycles. The fourth-order valence-corrected chi connectivity index (χ4v) is 6.28. The molecule has 0 spiro atoms. The van der Waals surface area contributed by atoms with Crippen molar-refractivity contribution in [3.63, 3.8) is 0 Å². The molecule has 2 fully saturated rings. The molecule has 2 aromatic heterocycles. The first kappa shape index (κ1) is 25.6. The standard InChI is InChI=1S/C31H29FN8S/c1-2-38-12-14-39(15-13-38)27-18-28-26(34-29(40(28)24-10-11-24)21-6-8-23(32)9-7-21)17-25(27)35-31-37-36-30(41-31)22-5-3-4-20(16-22)19-33/h3-9,16-18,24H,2,10-15H2,1H3,(H,35,37). The van der Waals surface area contributed by atoms with E-state index < -0.39 is 0 Å². The van der Waals surface area contributed by atoms with Crippen molar-refractivity contribution in [2.45, 2.75) is 25.8 Å². The molecule has 0 unspecified atom stereocenters. The quantitative estimate of drug-likeness (QED) is 0.243. The van der Waals surface area contributed by atoms with Gasteiger partial charge in [0.25, 0.3) is 0 Å². The van der Waals surface area contributed by atoms with Gasteiger partial charge in [-0.3, -0.25) is 0 Å². The molecule has 206 valence electrons. The molecule has 0 bridgehead atoms. The van der Waals surface area contributed by atoms with Gasteiger partial charge in [-0.25, -0.2) is 9.37 Å². The SMILES string of the molecule is CCN1CCN(c2cc3c(cc2Nc2nnc(-c4cccc(C#N)c4)s2)nc(-c2ccc(F)cc2)n3C2CC2)CC1. The topological polar surface area (TPSA) is 85.9 Å². The summed E-state index contributed by atoms with van der Waals surface area (Å²) in [6.07, 6.45) is 2.23. The van der Waals surface area contributed by atoms with Crippen LogP contribution in [0.25, 0.3) is 33.0 Å². The lowest BCUT2D eigenvalue weighted by molar-refractivity contribution is 0.271. The molecule has 0 radical (unpaired) electrons. The van der Waals surface area contributed by atoms with E-state index in [0.717, 1.165) is 89.9 Å². The van der Waals surface area contributed by atoms with E-state index in [0.29, 0.717) is 16.7 Å². The number of rotatable bonds is 7. The summed E-state index contributed by atoms with van der Waals surface area (Å²) in [5.41, 5.74) is 6.40. The third-order valence-electron chi connectivity index (χ3n) is 7.89. The predicted octanol–water partition coefficient (Wildman–Crippen LogP) is 6.45. The molecular formula is C31H29FN8S. The van der Waals surface area contributed by atoms with Crippen molar-refractivity contribution < 1.29 is 4.39 Å². The van der Waals surface area contributed by atoms with Crippen LogP contribution in [0.5, 0.6) is 0 Å². The molecule has 1 saturated carbocycles. The van der Waals surface area contributed by atoms with E-state index in [1.54, 1.807) is 6.07 Å². The average molecular weight is 565 g/mol. The number of nitrogens with zero attached hydrogens (tertiary/aromatic N) is 7. The summed E-state index contributed by atoms with van der Waals surface area (Å²) in [6, 6.07) is 21.0. The number of likely N-dealkylation sites (N-methyl/N-ethyl adjacent to an activating group) is 1. The Morgan fingerprint density at radius 1 is 1.00 bits per heavy atom. The summed E-state index contributed by atoms with van der Waals surface area (Å²) in [6.45, 7) is 7.13. The van der Waals surface area contributed by atoms with Gasteiger partial charge in [0.05, 0.1) is 34.0 Å². The number of halogens is 1. The van der Waals surface area contributed by atoms with Crippen LogP contribution in [0.15, 0.2) is 60.7 Å². The molecule has 1 aliphatic heterocycles. The monoisotopic (exact) mass is 564 g/mol. The Kier molecular flexibility index (Phi) is 6.61. The minimum absolute atomic E-state index is 0.251. The number of nitriles is 1. The lowest BCUT2D eigenvalue weighted by Gasteiger charge is -2.36. The van der Waals surface area contributed by atoms with Crippen molar-refractivity contribution in [3.8, 4) is 28.0 Å². The van der Waals surface area contributed by atoms with Crippen LogP contribution in [0, 0.1) is 17.1 Å². The molecule has 2 aliphatic rings. The fourth-order valence-electron chi connectivity index (χ4n) is 5.53. The first-order valence-corrected chi connectivity index (χ1v) is 14.8. The van der Waals surface area contributed by atoms with Crippen LogP contribution in [-0.4, -0.2) is 57.4 Å². The smallest absolute Gasteiger partial charge is 0.210 e. The molecule has 41 heavy (non-hydrogen) atoms. The van der Waals surface area contributed by atoms with E-state index in [4.69, 9.17) is 4.98 Å². The van der Waals surface area contributed by atoms with Crippen molar-refractivity contribution in [2.24, 2.45) is 0 Å². The molecule has 3 heterocycles. The van der Waals surface area contributed by atoms with Gasteiger partial charge in [0, 0.05) is 43.3 Å². The Morgan fingerprint density at radius 3 is 2.54 bits per heavy atom. The molecule has 1 N–H and O–H groups in total. The molecule has 1 saturated heterocycles. The van der Waals surface area contributed by atoms with Crippen LogP contribution >= 0.6 is 11.3 Å². The normalized spacial score (nSPS) is 15.8. The molecule has 3 aromatic carbocycles. The first-order chi connectivity index (χ1) is 20.1. The number of nitrogens with one attached hydrogen (secondary N) is 1. The van der Waals surface area contributed by atoms with Gasteiger partial charge in [0.1, 0.15) is 16.6 Å². The molecule has 7 rings (SSSR count). The van der Waals surface area contributed by atoms with E-state index in [2.05, 4.69) is 55.0 Å². The molecule has 0 amide bonds. The van der Waals surface area contributed by atoms with Gasteiger partial charge in [0.2, 0.25) is 5.13 Å². The first-order valence-electron chi connectivity index (χ1n) is 14.0. The lowest BCUT2D eigenvalue weighted by Crippen LogP contribution is -2.46. The van der Waals surface area contributed by atoms with Gasteiger partial charge >= 0.3 is 0 Å². The lowest BCUT2D eigenvalue weighted by atomic mass is 10.1. The Labute approximate surface area is 241 Å². The van der Waals surface area contributed by atoms with Gasteiger partial charge in [-0.1, -0.05) is 30.4 Å². The highest BCUT2D eigenvalue weighted by atomic mass is 32.1. The van der Waals surface area contributed by atoms with E-state index in [1.165, 1.54) is 23.5 Å². The Hall–Kier alpha value is -4.33. The third kappa shape index (κ3) is 5.03. The number of aromatic nitrogens is 4. The van der Waals surface area contributed by atoms with Crippen molar-refractivity contribution in [1.82, 2.24) is 24.6 Å². The Balaban J connectivity index is 1.30. The zero-order valence-electron chi connectivity index (χ0n) is 22.7. The second-order valence-electron chi connectivity index (χ2n) is 10.6. The highest BCUT2D eigenvalue weighted by Gasteiger charge is 2.30. The summed E-state index contributed by atoms with van der Waals surface area (Å²) < 4.78 is 16.1. The van der Waals surface area contributed by atoms with Gasteiger partial charge in [0.15, 0.2) is 0 Å². The van der Waals surface area contributed by atoms with Crippen molar-refractivity contribution in [3.05, 3.63) is 72.0 Å². The summed E-state index contributed by atoms with van der Waals surface area (Å²) >= 11 is 1.46. The summed E-state index contributed by atoms with van der Waals surface area (Å²) in [5.74, 6) is 0.621. The Bertz CT molecular complexity index is 1760. The Morgan fingerprint density at radius 2 is 1.80 bits per heavy atom. The number of anilines is 3. The van der Waals surface area contributed by atoms with Crippen LogP contribution in [0.3, 0.4) is 0 Å². The van der Waals surface area contributed by atoms with E-state index in [1.807, 2.05) is 30.3 Å². The average Bonchev–Trinajstić information content (AvgIpc) is 3.62. The van der Waals surface area contributed by atoms with Crippen LogP contribution in [-0.2, 0) is 0 Å². The van der Waals surface area contributed by atoms with Gasteiger partial charge in [-0.05, 0) is 67.9 Å². The maximum atomic E-state index is 13.7. The molecule has 5 aromatic rings.